The number of hydrogen-bond acceptors (Lipinski definition) is 0. The molecular formula is C39H32Cl2Zr-2. The van der Waals surface area contributed by atoms with Crippen LogP contribution in [0.15, 0.2) is 146 Å². The monoisotopic (exact) mass is 660 g/mol. The Balaban J connectivity index is 0.000000171. The molecule has 0 aromatic heterocycles. The predicted octanol–water partition coefficient (Wildman–Crippen LogP) is 3.97. The molecule has 0 heterocycles. The van der Waals surface area contributed by atoms with Crippen LogP contribution in [0.3, 0.4) is 0 Å². The van der Waals surface area contributed by atoms with E-state index in [1.165, 1.54) is 82.4 Å². The number of hydrogen-bond donors (Lipinski definition) is 0. The molecule has 0 atom stereocenters. The van der Waals surface area contributed by atoms with Gasteiger partial charge in [-0.25, -0.2) is 6.08 Å². The Labute approximate surface area is 277 Å². The third kappa shape index (κ3) is 8.65. The van der Waals surface area contributed by atoms with Crippen LogP contribution in [0, 0.1) is 19.9 Å². The quantitative estimate of drug-likeness (QED) is 0.252. The minimum atomic E-state index is 0. The fourth-order valence-corrected chi connectivity index (χ4v) is 5.69. The Morgan fingerprint density at radius 3 is 1.50 bits per heavy atom. The maximum atomic E-state index is 3.15. The van der Waals surface area contributed by atoms with E-state index in [1.807, 2.05) is 6.07 Å². The molecule has 0 saturated carbocycles. The van der Waals surface area contributed by atoms with Crippen LogP contribution in [-0.2, 0) is 24.2 Å². The molecule has 0 N–H and O–H groups in total. The van der Waals surface area contributed by atoms with Crippen LogP contribution in [0.25, 0.3) is 27.1 Å². The molecule has 208 valence electrons. The van der Waals surface area contributed by atoms with Crippen LogP contribution in [0.5, 0.6) is 0 Å². The first kappa shape index (κ1) is 33.3. The van der Waals surface area contributed by atoms with Crippen LogP contribution in [0.1, 0.15) is 34.2 Å². The van der Waals surface area contributed by atoms with Crippen LogP contribution in [-0.4, -0.2) is 3.21 Å². The summed E-state index contributed by atoms with van der Waals surface area (Å²) in [5.74, 6) is 0. The Morgan fingerprint density at radius 1 is 0.619 bits per heavy atom. The molecule has 6 aromatic carbocycles. The first-order chi connectivity index (χ1) is 19.6. The van der Waals surface area contributed by atoms with Crippen molar-refractivity contribution in [2.24, 2.45) is 0 Å². The summed E-state index contributed by atoms with van der Waals surface area (Å²) in [5, 5.41) is 5.46. The first-order valence-electron chi connectivity index (χ1n) is 13.7. The summed E-state index contributed by atoms with van der Waals surface area (Å²) in [5.41, 5.74) is 7.90. The second kappa shape index (κ2) is 16.4. The summed E-state index contributed by atoms with van der Waals surface area (Å²) >= 11 is 1.46. The van der Waals surface area contributed by atoms with Crippen LogP contribution in [0.2, 0.25) is 0 Å². The summed E-state index contributed by atoms with van der Waals surface area (Å²) in [6, 6.07) is 47.1. The number of fused-ring (bicyclic) bond motifs is 3. The van der Waals surface area contributed by atoms with Crippen molar-refractivity contribution in [1.82, 2.24) is 0 Å². The Kier molecular flexibility index (Phi) is 13.0. The molecular weight excluding hydrogens is 631 g/mol. The fraction of sp³-hybridized carbons (Fsp3) is 0.0769. The van der Waals surface area contributed by atoms with E-state index in [9.17, 15) is 0 Å². The minimum absolute atomic E-state index is 0. The molecule has 0 aliphatic heterocycles. The van der Waals surface area contributed by atoms with Gasteiger partial charge in [-0.1, -0.05) is 65.7 Å². The average Bonchev–Trinajstić information content (AvgIpc) is 3.67. The molecule has 0 nitrogen and oxygen atoms in total. The predicted molar refractivity (Wildman–Crippen MR) is 169 cm³/mol. The van der Waals surface area contributed by atoms with E-state index in [0.29, 0.717) is 0 Å². The van der Waals surface area contributed by atoms with Crippen molar-refractivity contribution >= 4 is 30.3 Å². The standard InChI is InChI=1S/C15H13.C13H10.C11H9.2ClH.Zr/c1-10-3-5-14-12(7-10)9-13-8-11(2)4-6-15(13)14;1-3-7-12(8-4-1)11-13-9-5-2-6-10-13;1-2-6-10(7-3-1)11-8-4-5-9-11;;;/h3-9H,1-2H3;1-10H;1-3,6-9H,4H2;2*1H;/q-1;;-1;;;+2/p-2. The molecule has 0 fully saturated rings. The van der Waals surface area contributed by atoms with Gasteiger partial charge in [0.1, 0.15) is 0 Å². The third-order valence-corrected chi connectivity index (χ3v) is 8.36. The fourth-order valence-electron chi connectivity index (χ4n) is 4.87. The molecule has 3 heteroatoms. The van der Waals surface area contributed by atoms with Gasteiger partial charge in [-0.15, -0.1) is 51.7 Å². The molecule has 0 bridgehead atoms. The van der Waals surface area contributed by atoms with Gasteiger partial charge in [0.05, 0.1) is 0 Å². The molecule has 6 aromatic rings. The second-order valence-electron chi connectivity index (χ2n) is 10.0. The molecule has 1 aliphatic rings. The van der Waals surface area contributed by atoms with Crippen molar-refractivity contribution in [2.75, 3.05) is 0 Å². The summed E-state index contributed by atoms with van der Waals surface area (Å²) in [7, 11) is 0. The average molecular weight is 663 g/mol. The van der Waals surface area contributed by atoms with E-state index in [-0.39, 0.29) is 24.8 Å². The zero-order valence-electron chi connectivity index (χ0n) is 23.8. The second-order valence-corrected chi connectivity index (χ2v) is 11.2. The van der Waals surface area contributed by atoms with Crippen molar-refractivity contribution in [3.8, 4) is 0 Å². The maximum absolute atomic E-state index is 3.15. The molecule has 0 saturated heterocycles. The van der Waals surface area contributed by atoms with Crippen molar-refractivity contribution in [2.45, 2.75) is 20.3 Å². The zero-order chi connectivity index (χ0) is 27.7. The summed E-state index contributed by atoms with van der Waals surface area (Å²) in [4.78, 5) is 0. The van der Waals surface area contributed by atoms with E-state index in [1.54, 1.807) is 0 Å². The normalized spacial score (nSPS) is 11.3. The Bertz CT molecular complexity index is 1680. The van der Waals surface area contributed by atoms with Crippen LogP contribution >= 0.6 is 0 Å². The zero-order valence-corrected chi connectivity index (χ0v) is 27.8. The van der Waals surface area contributed by atoms with Gasteiger partial charge < -0.3 is 24.8 Å². The van der Waals surface area contributed by atoms with E-state index in [0.717, 1.165) is 6.42 Å². The summed E-state index contributed by atoms with van der Waals surface area (Å²) in [6.07, 6.45) is 8.36. The van der Waals surface area contributed by atoms with Crippen molar-refractivity contribution < 1.29 is 49.0 Å². The van der Waals surface area contributed by atoms with Gasteiger partial charge >= 0.3 is 99.2 Å². The van der Waals surface area contributed by atoms with Gasteiger partial charge in [-0.05, 0) is 13.8 Å². The van der Waals surface area contributed by atoms with Gasteiger partial charge in [0.15, 0.2) is 0 Å². The number of benzene rings is 5. The molecule has 0 spiro atoms. The van der Waals surface area contributed by atoms with Gasteiger partial charge in [0, 0.05) is 0 Å². The molecule has 7 rings (SSSR count). The van der Waals surface area contributed by atoms with E-state index in [2.05, 4.69) is 159 Å². The molecule has 42 heavy (non-hydrogen) atoms. The van der Waals surface area contributed by atoms with Crippen LogP contribution < -0.4 is 24.8 Å². The number of allylic oxidation sites excluding steroid dienone is 4. The van der Waals surface area contributed by atoms with E-state index < -0.39 is 0 Å². The number of halogens is 2. The number of rotatable bonds is 3. The Morgan fingerprint density at radius 2 is 1.07 bits per heavy atom. The Hall–Kier alpha value is -3.22. The topological polar surface area (TPSA) is 0 Å². The van der Waals surface area contributed by atoms with Crippen molar-refractivity contribution in [3.05, 3.63) is 180 Å². The molecule has 0 amide bonds. The third-order valence-electron chi connectivity index (χ3n) is 6.94. The van der Waals surface area contributed by atoms with Gasteiger partial charge in [0.2, 0.25) is 0 Å². The van der Waals surface area contributed by atoms with E-state index >= 15 is 0 Å². The van der Waals surface area contributed by atoms with Gasteiger partial charge in [-0.2, -0.15) is 11.6 Å². The molecule has 1 aliphatic carbocycles. The SMILES string of the molecule is Cc1ccc2c(c1)[cH-]c1cc(C)ccc12.[C-]1=CC(c2ccccc2)=CC1.[Cl-].[Cl-].[Zr+2]=[C](c1ccccc1)c1ccccc1. The summed E-state index contributed by atoms with van der Waals surface area (Å²) in [6.45, 7) is 4.28. The molecule has 0 unspecified atom stereocenters. The first-order valence-corrected chi connectivity index (χ1v) is 14.9. The van der Waals surface area contributed by atoms with Crippen LogP contribution in [0.4, 0.5) is 0 Å². The number of aryl methyl sites for hydroxylation is 2. The van der Waals surface area contributed by atoms with Crippen molar-refractivity contribution in [3.63, 3.8) is 0 Å². The van der Waals surface area contributed by atoms with Gasteiger partial charge in [0.25, 0.3) is 0 Å². The van der Waals surface area contributed by atoms with Gasteiger partial charge in [-0.3, -0.25) is 6.08 Å². The van der Waals surface area contributed by atoms with Crippen molar-refractivity contribution in [1.29, 1.82) is 0 Å². The molecule has 0 radical (unpaired) electrons. The van der Waals surface area contributed by atoms with E-state index in [4.69, 9.17) is 0 Å². The summed E-state index contributed by atoms with van der Waals surface area (Å²) < 4.78 is 1.42.